The molecule has 5 nitrogen and oxygen atoms in total. The molecule has 0 unspecified atom stereocenters. The molecule has 0 aliphatic carbocycles. The van der Waals surface area contributed by atoms with Gasteiger partial charge in [0.05, 0.1) is 11.0 Å². The number of amides is 1. The van der Waals surface area contributed by atoms with Crippen LogP contribution >= 0.6 is 24.8 Å². The van der Waals surface area contributed by atoms with Gasteiger partial charge in [-0.05, 0) is 57.3 Å². The predicted molar refractivity (Wildman–Crippen MR) is 107 cm³/mol. The van der Waals surface area contributed by atoms with Crippen molar-refractivity contribution in [2.75, 3.05) is 19.6 Å². The highest BCUT2D eigenvalue weighted by Crippen LogP contribution is 2.17. The molecule has 140 valence electrons. The average Bonchev–Trinajstić information content (AvgIpc) is 2.90. The summed E-state index contributed by atoms with van der Waals surface area (Å²) in [6.07, 6.45) is 4.07. The van der Waals surface area contributed by atoms with Gasteiger partial charge in [-0.2, -0.15) is 0 Å². The molecule has 3 rings (SSSR count). The van der Waals surface area contributed by atoms with Crippen LogP contribution in [0.1, 0.15) is 31.5 Å². The van der Waals surface area contributed by atoms with Crippen molar-refractivity contribution >= 4 is 41.8 Å². The maximum atomic E-state index is 12.0. The lowest BCUT2D eigenvalue weighted by Crippen LogP contribution is -2.30. The first-order chi connectivity index (χ1) is 11.2. The van der Waals surface area contributed by atoms with Crippen LogP contribution in [0.25, 0.3) is 11.0 Å². The number of rotatable bonds is 6. The molecule has 2 aromatic rings. The number of carbonyl (C=O) groups excluding carboxylic acids is 1. The Kier molecular flexibility index (Phi) is 9.25. The van der Waals surface area contributed by atoms with Gasteiger partial charge in [0.25, 0.3) is 0 Å². The van der Waals surface area contributed by atoms with Crippen molar-refractivity contribution in [1.29, 1.82) is 0 Å². The Balaban J connectivity index is 0.00000156. The minimum Gasteiger partial charge on any atom is -0.354 e. The highest BCUT2D eigenvalue weighted by Gasteiger charge is 2.14. The third kappa shape index (κ3) is 5.87. The van der Waals surface area contributed by atoms with Crippen LogP contribution in [0.5, 0.6) is 0 Å². The molecule has 0 bridgehead atoms. The fraction of sp³-hybridized carbons (Fsp3) is 0.556. The number of aromatic nitrogens is 2. The SMILES string of the molecule is Cc1nc2ccccc2n1CCNC(=O)CCC1CCNCC1.Cl.Cl. The number of carbonyl (C=O) groups is 1. The van der Waals surface area contributed by atoms with Gasteiger partial charge < -0.3 is 15.2 Å². The van der Waals surface area contributed by atoms with Crippen molar-refractivity contribution in [3.63, 3.8) is 0 Å². The Bertz CT molecular complexity index is 668. The number of nitrogens with zero attached hydrogens (tertiary/aromatic N) is 2. The van der Waals surface area contributed by atoms with E-state index in [0.717, 1.165) is 42.9 Å². The molecular weight excluding hydrogens is 359 g/mol. The fourth-order valence-corrected chi connectivity index (χ4v) is 3.38. The molecule has 1 aromatic carbocycles. The number of fused-ring (bicyclic) bond motifs is 1. The molecule has 1 aromatic heterocycles. The van der Waals surface area contributed by atoms with Crippen molar-refractivity contribution in [2.24, 2.45) is 5.92 Å². The molecule has 0 spiro atoms. The molecule has 1 aliphatic heterocycles. The number of piperidine rings is 1. The number of imidazole rings is 1. The van der Waals surface area contributed by atoms with Gasteiger partial charge in [-0.15, -0.1) is 24.8 Å². The highest BCUT2D eigenvalue weighted by molar-refractivity contribution is 5.85. The van der Waals surface area contributed by atoms with E-state index in [4.69, 9.17) is 0 Å². The Morgan fingerprint density at radius 2 is 2.00 bits per heavy atom. The maximum absolute atomic E-state index is 12.0. The maximum Gasteiger partial charge on any atom is 0.220 e. The van der Waals surface area contributed by atoms with Crippen LogP contribution in [-0.2, 0) is 11.3 Å². The molecule has 2 heterocycles. The first-order valence-corrected chi connectivity index (χ1v) is 8.63. The standard InChI is InChI=1S/C18H26N4O.2ClH/c1-14-21-16-4-2-3-5-17(16)22(14)13-12-20-18(23)7-6-15-8-10-19-11-9-15;;/h2-5,15,19H,6-13H2,1H3,(H,20,23);2*1H. The normalized spacial score (nSPS) is 14.6. The Morgan fingerprint density at radius 1 is 1.28 bits per heavy atom. The van der Waals surface area contributed by atoms with Gasteiger partial charge in [-0.25, -0.2) is 4.98 Å². The zero-order chi connectivity index (χ0) is 16.1. The topological polar surface area (TPSA) is 59.0 Å². The molecule has 25 heavy (non-hydrogen) atoms. The second kappa shape index (κ2) is 10.6. The van der Waals surface area contributed by atoms with Gasteiger partial charge in [0.15, 0.2) is 0 Å². The summed E-state index contributed by atoms with van der Waals surface area (Å²) in [6.45, 7) is 5.63. The number of hydrogen-bond acceptors (Lipinski definition) is 3. The van der Waals surface area contributed by atoms with E-state index in [2.05, 4.69) is 26.3 Å². The minimum atomic E-state index is 0. The number of halogens is 2. The van der Waals surface area contributed by atoms with Gasteiger partial charge >= 0.3 is 0 Å². The smallest absolute Gasteiger partial charge is 0.220 e. The van der Waals surface area contributed by atoms with Crippen molar-refractivity contribution in [1.82, 2.24) is 20.2 Å². The van der Waals surface area contributed by atoms with Crippen molar-refractivity contribution < 1.29 is 4.79 Å². The zero-order valence-electron chi connectivity index (χ0n) is 14.7. The molecule has 1 amide bonds. The monoisotopic (exact) mass is 386 g/mol. The van der Waals surface area contributed by atoms with Crippen LogP contribution in [0.4, 0.5) is 0 Å². The summed E-state index contributed by atoms with van der Waals surface area (Å²) in [4.78, 5) is 16.6. The number of hydrogen-bond donors (Lipinski definition) is 2. The van der Waals surface area contributed by atoms with E-state index >= 15 is 0 Å². The third-order valence-corrected chi connectivity index (χ3v) is 4.74. The summed E-state index contributed by atoms with van der Waals surface area (Å²) < 4.78 is 2.17. The molecule has 0 atom stereocenters. The average molecular weight is 387 g/mol. The molecule has 0 radical (unpaired) electrons. The van der Waals surface area contributed by atoms with E-state index in [-0.39, 0.29) is 30.7 Å². The van der Waals surface area contributed by atoms with E-state index in [0.29, 0.717) is 18.9 Å². The van der Waals surface area contributed by atoms with E-state index < -0.39 is 0 Å². The van der Waals surface area contributed by atoms with E-state index in [1.165, 1.54) is 12.8 Å². The van der Waals surface area contributed by atoms with Crippen LogP contribution in [0.2, 0.25) is 0 Å². The first-order valence-electron chi connectivity index (χ1n) is 8.63. The lowest BCUT2D eigenvalue weighted by Gasteiger charge is -2.22. The number of nitrogens with one attached hydrogen (secondary N) is 2. The summed E-state index contributed by atoms with van der Waals surface area (Å²) in [6, 6.07) is 8.13. The van der Waals surface area contributed by atoms with Crippen molar-refractivity contribution in [2.45, 2.75) is 39.2 Å². The Labute approximate surface area is 161 Å². The molecule has 7 heteroatoms. The molecule has 2 N–H and O–H groups in total. The number of benzene rings is 1. The summed E-state index contributed by atoms with van der Waals surface area (Å²) >= 11 is 0. The van der Waals surface area contributed by atoms with Gasteiger partial charge in [0.2, 0.25) is 5.91 Å². The van der Waals surface area contributed by atoms with Crippen LogP contribution < -0.4 is 10.6 Å². The van der Waals surface area contributed by atoms with Crippen LogP contribution in [0, 0.1) is 12.8 Å². The molecule has 1 saturated heterocycles. The van der Waals surface area contributed by atoms with Crippen LogP contribution in [0.15, 0.2) is 24.3 Å². The molecule has 0 saturated carbocycles. The Morgan fingerprint density at radius 3 is 2.76 bits per heavy atom. The summed E-state index contributed by atoms with van der Waals surface area (Å²) in [7, 11) is 0. The van der Waals surface area contributed by atoms with Crippen molar-refractivity contribution in [3.8, 4) is 0 Å². The third-order valence-electron chi connectivity index (χ3n) is 4.74. The first kappa shape index (κ1) is 21.7. The van der Waals surface area contributed by atoms with Gasteiger partial charge in [0, 0.05) is 19.5 Å². The fourth-order valence-electron chi connectivity index (χ4n) is 3.38. The molecule has 1 fully saturated rings. The highest BCUT2D eigenvalue weighted by atomic mass is 35.5. The molecule has 1 aliphatic rings. The lowest BCUT2D eigenvalue weighted by atomic mass is 9.93. The second-order valence-electron chi connectivity index (χ2n) is 6.38. The predicted octanol–water partition coefficient (Wildman–Crippen LogP) is 3.08. The summed E-state index contributed by atoms with van der Waals surface area (Å²) in [5.74, 6) is 1.88. The second-order valence-corrected chi connectivity index (χ2v) is 6.38. The van der Waals surface area contributed by atoms with Gasteiger partial charge in [-0.1, -0.05) is 12.1 Å². The van der Waals surface area contributed by atoms with E-state index in [1.807, 2.05) is 25.1 Å². The molecular formula is C18H28Cl2N4O. The van der Waals surface area contributed by atoms with Gasteiger partial charge in [-0.3, -0.25) is 4.79 Å². The largest absolute Gasteiger partial charge is 0.354 e. The Hall–Kier alpha value is -1.30. The number of aryl methyl sites for hydroxylation is 1. The minimum absolute atomic E-state index is 0. The number of para-hydroxylation sites is 2. The van der Waals surface area contributed by atoms with Gasteiger partial charge in [0.1, 0.15) is 5.82 Å². The van der Waals surface area contributed by atoms with E-state index in [9.17, 15) is 4.79 Å². The summed E-state index contributed by atoms with van der Waals surface area (Å²) in [5.41, 5.74) is 2.15. The van der Waals surface area contributed by atoms with Crippen LogP contribution in [0.3, 0.4) is 0 Å². The van der Waals surface area contributed by atoms with E-state index in [1.54, 1.807) is 0 Å². The summed E-state index contributed by atoms with van der Waals surface area (Å²) in [5, 5.41) is 6.41. The zero-order valence-corrected chi connectivity index (χ0v) is 16.3. The van der Waals surface area contributed by atoms with Crippen LogP contribution in [-0.4, -0.2) is 35.1 Å². The van der Waals surface area contributed by atoms with Crippen molar-refractivity contribution in [3.05, 3.63) is 30.1 Å². The quantitative estimate of drug-likeness (QED) is 0.801. The lowest BCUT2D eigenvalue weighted by molar-refractivity contribution is -0.121.